The van der Waals surface area contributed by atoms with Gasteiger partial charge in [-0.3, -0.25) is 0 Å². The summed E-state index contributed by atoms with van der Waals surface area (Å²) in [5.74, 6) is 1.56. The molecule has 0 radical (unpaired) electrons. The molecule has 8 aromatic carbocycles. The fourth-order valence-electron chi connectivity index (χ4n) is 8.15. The summed E-state index contributed by atoms with van der Waals surface area (Å²) in [7, 11) is 0. The van der Waals surface area contributed by atoms with E-state index in [4.69, 9.17) is 23.5 Å². The van der Waals surface area contributed by atoms with Gasteiger partial charge in [-0.2, -0.15) is 0 Å². The van der Waals surface area contributed by atoms with Gasteiger partial charge >= 0.3 is 0 Å². The van der Waals surface area contributed by atoms with Gasteiger partial charge in [0.25, 0.3) is 0 Å². The van der Waals surface area contributed by atoms with Gasteiger partial charge in [0.2, 0.25) is 0 Å². The van der Waals surface area contributed by atoms with Crippen molar-refractivity contribution in [3.63, 3.8) is 0 Å². The van der Waals surface area contributed by atoms with Crippen LogP contribution < -0.4 is 0 Å². The molecule has 266 valence electrons. The van der Waals surface area contributed by atoms with Crippen LogP contribution in [-0.2, 0) is 0 Å². The number of hydrogen-bond donors (Lipinski definition) is 0. The summed E-state index contributed by atoms with van der Waals surface area (Å²) in [4.78, 5) is 14.7. The van der Waals surface area contributed by atoms with Crippen LogP contribution in [0.4, 0.5) is 0 Å². The van der Waals surface area contributed by atoms with Crippen molar-refractivity contribution in [2.45, 2.75) is 0 Å². The third kappa shape index (κ3) is 4.81. The van der Waals surface area contributed by atoms with E-state index in [1.54, 1.807) is 12.1 Å². The van der Waals surface area contributed by atoms with E-state index in [-0.39, 0.29) is 36.3 Å². The minimum atomic E-state index is -0.0798. The van der Waals surface area contributed by atoms with E-state index in [0.29, 0.717) is 77.9 Å². The predicted molar refractivity (Wildman–Crippen MR) is 232 cm³/mol. The average molecular weight is 736 g/mol. The van der Waals surface area contributed by atoms with Crippen molar-refractivity contribution in [3.05, 3.63) is 188 Å². The van der Waals surface area contributed by atoms with Crippen molar-refractivity contribution in [1.29, 1.82) is 0 Å². The maximum Gasteiger partial charge on any atom is 0.164 e. The molecule has 0 aliphatic heterocycles. The van der Waals surface area contributed by atoms with Gasteiger partial charge in [-0.1, -0.05) is 145 Å². The number of benzene rings is 8. The Kier molecular flexibility index (Phi) is 5.64. The van der Waals surface area contributed by atoms with Gasteiger partial charge in [-0.05, 0) is 42.4 Å². The van der Waals surface area contributed by atoms with Crippen LogP contribution in [0.25, 0.3) is 111 Å². The monoisotopic (exact) mass is 735 g/mol. The summed E-state index contributed by atoms with van der Waals surface area (Å²) in [6, 6.07) is 47.4. The van der Waals surface area contributed by atoms with E-state index in [1.807, 2.05) is 137 Å². The molecule has 0 spiro atoms. The molecule has 0 unspecified atom stereocenters. The highest BCUT2D eigenvalue weighted by Gasteiger charge is 2.23. The Labute approximate surface area is 335 Å². The number of nitrogens with zero attached hydrogens (tertiary/aromatic N) is 5. The average Bonchev–Trinajstić information content (AvgIpc) is 3.97. The van der Waals surface area contributed by atoms with Crippen LogP contribution in [0, 0.1) is 0 Å². The van der Waals surface area contributed by atoms with Crippen molar-refractivity contribution in [1.82, 2.24) is 24.1 Å². The Hall–Kier alpha value is -7.83. The normalized spacial score (nSPS) is 13.3. The molecule has 0 aliphatic rings. The first-order chi connectivity index (χ1) is 30.7. The molecule has 0 bridgehead atoms. The molecule has 0 atom stereocenters. The second kappa shape index (κ2) is 12.3. The number of hydrogen-bond acceptors (Lipinski definition) is 4. The first-order valence-electron chi connectivity index (χ1n) is 21.6. The standard InChI is InChI=1S/C51H31N5O/c1-4-15-32(16-5-1)49-52-50(33-17-6-2-7-18-33)54-51(53-49)34-27-28-38-41-23-14-26-44(48(41)57-45(38)31-34)56-43-25-13-11-22-37(43)40-30-29-39-36-21-10-12-24-42(36)55(46(39)47(40)56)35-19-8-3-9-20-35/h1-31H/i10D,11D,24D,25D,29D,30D. The van der Waals surface area contributed by atoms with E-state index >= 15 is 0 Å². The van der Waals surface area contributed by atoms with Crippen molar-refractivity contribution >= 4 is 65.6 Å². The Morgan fingerprint density at radius 2 is 0.982 bits per heavy atom. The Morgan fingerprint density at radius 1 is 0.421 bits per heavy atom. The Morgan fingerprint density at radius 3 is 1.61 bits per heavy atom. The first kappa shape index (κ1) is 26.1. The van der Waals surface area contributed by atoms with Crippen molar-refractivity contribution < 1.29 is 12.6 Å². The van der Waals surface area contributed by atoms with Crippen LogP contribution in [0.15, 0.2) is 192 Å². The summed E-state index contributed by atoms with van der Waals surface area (Å²) < 4.78 is 65.7. The molecule has 0 amide bonds. The van der Waals surface area contributed by atoms with Gasteiger partial charge < -0.3 is 13.6 Å². The second-order valence-electron chi connectivity index (χ2n) is 13.9. The Bertz CT molecular complexity index is 3810. The molecule has 0 saturated heterocycles. The smallest absolute Gasteiger partial charge is 0.164 e. The minimum Gasteiger partial charge on any atom is -0.454 e. The zero-order valence-electron chi connectivity index (χ0n) is 36.1. The zero-order chi connectivity index (χ0) is 42.7. The Balaban J connectivity index is 1.17. The quantitative estimate of drug-likeness (QED) is 0.177. The molecule has 0 N–H and O–H groups in total. The number of aromatic nitrogens is 5. The number of furan rings is 1. The summed E-state index contributed by atoms with van der Waals surface area (Å²) >= 11 is 0. The van der Waals surface area contributed by atoms with Gasteiger partial charge in [-0.15, -0.1) is 0 Å². The molecule has 12 rings (SSSR count). The van der Waals surface area contributed by atoms with E-state index in [1.165, 1.54) is 12.1 Å². The molecule has 57 heavy (non-hydrogen) atoms. The van der Waals surface area contributed by atoms with Gasteiger partial charge in [0.1, 0.15) is 5.58 Å². The van der Waals surface area contributed by atoms with Crippen LogP contribution in [0.5, 0.6) is 0 Å². The lowest BCUT2D eigenvalue weighted by atomic mass is 10.1. The van der Waals surface area contributed by atoms with E-state index in [0.717, 1.165) is 33.2 Å². The van der Waals surface area contributed by atoms with Gasteiger partial charge in [0.15, 0.2) is 23.1 Å². The molecular weight excluding hydrogens is 699 g/mol. The number of fused-ring (bicyclic) bond motifs is 10. The molecule has 0 aliphatic carbocycles. The number of rotatable bonds is 5. The molecular formula is C51H31N5O. The number of para-hydroxylation sites is 4. The minimum absolute atomic E-state index is 0.0678. The molecule has 0 saturated carbocycles. The van der Waals surface area contributed by atoms with Crippen LogP contribution >= 0.6 is 0 Å². The highest BCUT2D eigenvalue weighted by Crippen LogP contribution is 2.44. The van der Waals surface area contributed by atoms with E-state index in [9.17, 15) is 4.11 Å². The lowest BCUT2D eigenvalue weighted by molar-refractivity contribution is 0.666. The summed E-state index contributed by atoms with van der Waals surface area (Å²) in [6.07, 6.45) is 0. The van der Waals surface area contributed by atoms with Crippen molar-refractivity contribution in [2.75, 3.05) is 0 Å². The SMILES string of the molecule is [2H]c1cc([2H])c2c(c1)c1c([2H])c([2H])c3c4cc([2H])cc([2H])c4n(-c4cccc5c4oc4cc(-c6nc(-c7ccccc7)nc(-c7ccccc7)n6)ccc45)c3c1n2-c1ccccc1. The van der Waals surface area contributed by atoms with Gasteiger partial charge in [0, 0.05) is 54.7 Å². The maximum atomic E-state index is 9.60. The van der Waals surface area contributed by atoms with Crippen molar-refractivity contribution in [3.8, 4) is 45.5 Å². The predicted octanol–water partition coefficient (Wildman–Crippen LogP) is 13.0. The summed E-state index contributed by atoms with van der Waals surface area (Å²) in [5.41, 5.74) is 6.87. The molecule has 0 fully saturated rings. The van der Waals surface area contributed by atoms with Crippen molar-refractivity contribution in [2.24, 2.45) is 0 Å². The highest BCUT2D eigenvalue weighted by atomic mass is 16.3. The second-order valence-corrected chi connectivity index (χ2v) is 13.9. The van der Waals surface area contributed by atoms with Gasteiger partial charge in [-0.25, -0.2) is 15.0 Å². The maximum absolute atomic E-state index is 9.60. The summed E-state index contributed by atoms with van der Waals surface area (Å²) in [5, 5.41) is 3.46. The molecule has 4 aromatic heterocycles. The highest BCUT2D eigenvalue weighted by molar-refractivity contribution is 6.24. The third-order valence-electron chi connectivity index (χ3n) is 10.7. The fourth-order valence-corrected chi connectivity index (χ4v) is 8.15. The van der Waals surface area contributed by atoms with Crippen LogP contribution in [0.1, 0.15) is 8.22 Å². The summed E-state index contributed by atoms with van der Waals surface area (Å²) in [6.45, 7) is 0. The van der Waals surface area contributed by atoms with Crippen LogP contribution in [0.2, 0.25) is 0 Å². The zero-order valence-corrected chi connectivity index (χ0v) is 30.1. The van der Waals surface area contributed by atoms with E-state index < -0.39 is 0 Å². The third-order valence-corrected chi connectivity index (χ3v) is 10.7. The lowest BCUT2D eigenvalue weighted by Crippen LogP contribution is -2.00. The first-order valence-corrected chi connectivity index (χ1v) is 18.6. The molecule has 4 heterocycles. The molecule has 6 heteroatoms. The van der Waals surface area contributed by atoms with Crippen LogP contribution in [0.3, 0.4) is 0 Å². The largest absolute Gasteiger partial charge is 0.454 e. The topological polar surface area (TPSA) is 61.7 Å². The lowest BCUT2D eigenvalue weighted by Gasteiger charge is -2.12. The van der Waals surface area contributed by atoms with E-state index in [2.05, 4.69) is 0 Å². The molecule has 12 aromatic rings. The fraction of sp³-hybridized carbons (Fsp3) is 0. The van der Waals surface area contributed by atoms with Crippen LogP contribution in [-0.4, -0.2) is 24.1 Å². The van der Waals surface area contributed by atoms with Gasteiger partial charge in [0.05, 0.1) is 36.0 Å². The molecule has 6 nitrogen and oxygen atoms in total.